The zero-order chi connectivity index (χ0) is 18.4. The molecular weight excluding hydrogens is 296 g/mol. The number of rotatable bonds is 4. The summed E-state index contributed by atoms with van der Waals surface area (Å²) in [5.74, 6) is -0.935. The molecule has 0 fully saturated rings. The van der Waals surface area contributed by atoms with Gasteiger partial charge in [-0.15, -0.1) is 0 Å². The molecule has 24 heavy (non-hydrogen) atoms. The Morgan fingerprint density at radius 1 is 0.833 bits per heavy atom. The zero-order valence-electron chi connectivity index (χ0n) is 14.1. The van der Waals surface area contributed by atoms with Crippen LogP contribution in [0, 0.1) is 0 Å². The number of hydrogen-bond acceptors (Lipinski definition) is 1. The molecular formula is C22H24O2. The van der Waals surface area contributed by atoms with E-state index in [4.69, 9.17) is 5.11 Å². The van der Waals surface area contributed by atoms with Crippen LogP contribution >= 0.6 is 0 Å². The van der Waals surface area contributed by atoms with Crippen molar-refractivity contribution in [3.8, 4) is 0 Å². The quantitative estimate of drug-likeness (QED) is 0.707. The number of hydrogen-bond donors (Lipinski definition) is 1. The molecule has 1 N–H and O–H groups in total. The van der Waals surface area contributed by atoms with E-state index in [1.54, 1.807) is 0 Å². The zero-order valence-corrected chi connectivity index (χ0v) is 14.1. The van der Waals surface area contributed by atoms with Gasteiger partial charge in [0.1, 0.15) is 0 Å². The van der Waals surface area contributed by atoms with Gasteiger partial charge < -0.3 is 5.11 Å². The van der Waals surface area contributed by atoms with Crippen molar-refractivity contribution in [1.29, 1.82) is 0 Å². The van der Waals surface area contributed by atoms with Gasteiger partial charge in [-0.3, -0.25) is 0 Å². The number of carboxylic acid groups (broad SMARTS) is 1. The van der Waals surface area contributed by atoms with E-state index >= 15 is 0 Å². The molecule has 0 aliphatic rings. The van der Waals surface area contributed by atoms with E-state index in [9.17, 15) is 4.79 Å². The first-order chi connectivity index (χ1) is 11.5. The SMILES string of the molecule is C=C(C)C(=O)O.C=Cc1ccccc1.C=Cc1ccccc1C=C. The maximum atomic E-state index is 9.60. The van der Waals surface area contributed by atoms with E-state index < -0.39 is 5.97 Å². The van der Waals surface area contributed by atoms with Crippen LogP contribution < -0.4 is 0 Å². The average Bonchev–Trinajstić information content (AvgIpc) is 2.63. The number of carboxylic acids is 1. The molecule has 2 nitrogen and oxygen atoms in total. The summed E-state index contributed by atoms with van der Waals surface area (Å²) in [6.45, 7) is 15.6. The van der Waals surface area contributed by atoms with Crippen LogP contribution in [-0.2, 0) is 4.79 Å². The molecule has 2 heteroatoms. The first kappa shape index (κ1) is 20.9. The number of aliphatic carboxylic acids is 1. The minimum absolute atomic E-state index is 0.176. The molecule has 0 aromatic heterocycles. The molecule has 0 bridgehead atoms. The van der Waals surface area contributed by atoms with Crippen LogP contribution in [0.25, 0.3) is 18.2 Å². The molecule has 0 heterocycles. The number of benzene rings is 2. The molecule has 2 aromatic rings. The van der Waals surface area contributed by atoms with Crippen LogP contribution in [0.1, 0.15) is 23.6 Å². The summed E-state index contributed by atoms with van der Waals surface area (Å²) in [5.41, 5.74) is 3.62. The first-order valence-electron chi connectivity index (χ1n) is 7.36. The fourth-order valence-electron chi connectivity index (χ4n) is 1.47. The Bertz CT molecular complexity index is 643. The van der Waals surface area contributed by atoms with Crippen molar-refractivity contribution in [2.75, 3.05) is 0 Å². The van der Waals surface area contributed by atoms with Crippen molar-refractivity contribution in [2.24, 2.45) is 0 Å². The molecule has 0 atom stereocenters. The summed E-state index contributed by atoms with van der Waals surface area (Å²) in [4.78, 5) is 9.60. The van der Waals surface area contributed by atoms with Crippen LogP contribution in [0.3, 0.4) is 0 Å². The van der Waals surface area contributed by atoms with Crippen LogP contribution in [0.2, 0.25) is 0 Å². The monoisotopic (exact) mass is 320 g/mol. The van der Waals surface area contributed by atoms with Gasteiger partial charge in [-0.2, -0.15) is 0 Å². The van der Waals surface area contributed by atoms with Crippen molar-refractivity contribution >= 4 is 24.2 Å². The van der Waals surface area contributed by atoms with Crippen molar-refractivity contribution in [1.82, 2.24) is 0 Å². The van der Waals surface area contributed by atoms with Crippen LogP contribution in [0.5, 0.6) is 0 Å². The highest BCUT2D eigenvalue weighted by Gasteiger charge is 1.90. The molecule has 0 radical (unpaired) electrons. The highest BCUT2D eigenvalue weighted by molar-refractivity contribution is 5.84. The second-order valence-electron chi connectivity index (χ2n) is 4.74. The highest BCUT2D eigenvalue weighted by Crippen LogP contribution is 2.10. The molecule has 0 amide bonds. The van der Waals surface area contributed by atoms with Gasteiger partial charge in [-0.1, -0.05) is 99.1 Å². The third-order valence-electron chi connectivity index (χ3n) is 2.84. The smallest absolute Gasteiger partial charge is 0.330 e. The highest BCUT2D eigenvalue weighted by atomic mass is 16.4. The molecule has 0 saturated carbocycles. The topological polar surface area (TPSA) is 37.3 Å². The number of carbonyl (C=O) groups is 1. The second kappa shape index (κ2) is 12.4. The van der Waals surface area contributed by atoms with E-state index in [1.807, 2.05) is 72.8 Å². The predicted molar refractivity (Wildman–Crippen MR) is 106 cm³/mol. The molecule has 2 aromatic carbocycles. The largest absolute Gasteiger partial charge is 0.478 e. The summed E-state index contributed by atoms with van der Waals surface area (Å²) in [7, 11) is 0. The molecule has 0 unspecified atom stereocenters. The average molecular weight is 320 g/mol. The van der Waals surface area contributed by atoms with Gasteiger partial charge in [0.15, 0.2) is 0 Å². The fraction of sp³-hybridized carbons (Fsp3) is 0.0455. The molecule has 2 rings (SSSR count). The van der Waals surface area contributed by atoms with Crippen molar-refractivity contribution in [3.63, 3.8) is 0 Å². The Hall–Kier alpha value is -3.13. The van der Waals surface area contributed by atoms with Crippen molar-refractivity contribution < 1.29 is 9.90 Å². The predicted octanol–water partition coefficient (Wildman–Crippen LogP) is 5.95. The lowest BCUT2D eigenvalue weighted by Gasteiger charge is -1.96. The first-order valence-corrected chi connectivity index (χ1v) is 7.36. The molecule has 0 aliphatic carbocycles. The van der Waals surface area contributed by atoms with Gasteiger partial charge >= 0.3 is 5.97 Å². The summed E-state index contributed by atoms with van der Waals surface area (Å²) in [6, 6.07) is 18.0. The van der Waals surface area contributed by atoms with Gasteiger partial charge in [0.2, 0.25) is 0 Å². The molecule has 0 spiro atoms. The van der Waals surface area contributed by atoms with Gasteiger partial charge in [0, 0.05) is 5.57 Å². The Kier molecular flexibility index (Phi) is 10.8. The maximum Gasteiger partial charge on any atom is 0.330 e. The lowest BCUT2D eigenvalue weighted by Crippen LogP contribution is -1.92. The molecule has 0 aliphatic heterocycles. The van der Waals surface area contributed by atoms with Gasteiger partial charge in [-0.25, -0.2) is 4.79 Å². The van der Waals surface area contributed by atoms with Crippen LogP contribution in [-0.4, -0.2) is 11.1 Å². The standard InChI is InChI=1S/C10H10.C8H8.C4H6O2/c1-3-9-7-5-6-8-10(9)4-2;1-2-8-6-4-3-5-7-8;1-3(2)4(5)6/h3-8H,1-2H2;2-7H,1H2;1H2,2H3,(H,5,6). The maximum absolute atomic E-state index is 9.60. The minimum atomic E-state index is -0.935. The van der Waals surface area contributed by atoms with Crippen LogP contribution in [0.4, 0.5) is 0 Å². The minimum Gasteiger partial charge on any atom is -0.478 e. The van der Waals surface area contributed by atoms with Gasteiger partial charge in [0.25, 0.3) is 0 Å². The van der Waals surface area contributed by atoms with Gasteiger partial charge in [-0.05, 0) is 23.6 Å². The van der Waals surface area contributed by atoms with Crippen molar-refractivity contribution in [2.45, 2.75) is 6.92 Å². The Morgan fingerprint density at radius 2 is 1.21 bits per heavy atom. The lowest BCUT2D eigenvalue weighted by molar-refractivity contribution is -0.132. The Morgan fingerprint density at radius 3 is 1.46 bits per heavy atom. The summed E-state index contributed by atoms with van der Waals surface area (Å²) in [5, 5.41) is 7.89. The molecule has 0 saturated heterocycles. The Labute approximate surface area is 144 Å². The van der Waals surface area contributed by atoms with E-state index in [2.05, 4.69) is 26.3 Å². The van der Waals surface area contributed by atoms with Crippen molar-refractivity contribution in [3.05, 3.63) is 103 Å². The summed E-state index contributed by atoms with van der Waals surface area (Å²) >= 11 is 0. The van der Waals surface area contributed by atoms with E-state index in [0.717, 1.165) is 11.1 Å². The van der Waals surface area contributed by atoms with E-state index in [0.29, 0.717) is 0 Å². The second-order valence-corrected chi connectivity index (χ2v) is 4.74. The fourth-order valence-corrected chi connectivity index (χ4v) is 1.47. The summed E-state index contributed by atoms with van der Waals surface area (Å²) < 4.78 is 0. The third-order valence-corrected chi connectivity index (χ3v) is 2.84. The normalized spacial score (nSPS) is 8.38. The van der Waals surface area contributed by atoms with E-state index in [1.165, 1.54) is 12.5 Å². The van der Waals surface area contributed by atoms with Crippen LogP contribution in [0.15, 0.2) is 86.5 Å². The third kappa shape index (κ3) is 9.00. The summed E-state index contributed by atoms with van der Waals surface area (Å²) in [6.07, 6.45) is 5.49. The van der Waals surface area contributed by atoms with E-state index in [-0.39, 0.29) is 5.57 Å². The lowest BCUT2D eigenvalue weighted by atomic mass is 10.1. The molecule has 124 valence electrons. The Balaban J connectivity index is 0.000000343. The van der Waals surface area contributed by atoms with Gasteiger partial charge in [0.05, 0.1) is 0 Å².